The Kier molecular flexibility index (Phi) is 3.06. The summed E-state index contributed by atoms with van der Waals surface area (Å²) in [7, 11) is -1.31. The number of allylic oxidation sites excluding steroid dienone is 1. The van der Waals surface area contributed by atoms with Crippen LogP contribution in [0, 0.1) is 11.8 Å². The van der Waals surface area contributed by atoms with Gasteiger partial charge in [0.25, 0.3) is 0 Å². The van der Waals surface area contributed by atoms with Gasteiger partial charge in [-0.25, -0.2) is 0 Å². The Morgan fingerprint density at radius 1 is 1.29 bits per heavy atom. The molecule has 0 heterocycles. The summed E-state index contributed by atoms with van der Waals surface area (Å²) >= 11 is 0. The maximum atomic E-state index is 5.60. The molecular weight excluding hydrogens is 192 g/mol. The van der Waals surface area contributed by atoms with Crippen LogP contribution in [0.15, 0.2) is 12.3 Å². The monoisotopic (exact) mass is 210 g/mol. The van der Waals surface area contributed by atoms with E-state index in [1.807, 2.05) is 0 Å². The first-order valence-electron chi connectivity index (χ1n) is 5.44. The molecule has 78 valence electrons. The van der Waals surface area contributed by atoms with Crippen molar-refractivity contribution >= 4 is 15.1 Å². The molecule has 0 aromatic rings. The van der Waals surface area contributed by atoms with Crippen molar-refractivity contribution < 1.29 is 8.85 Å². The highest BCUT2D eigenvalue weighted by atomic mass is 28.3. The highest BCUT2D eigenvalue weighted by molar-refractivity contribution is 6.49. The summed E-state index contributed by atoms with van der Waals surface area (Å²) in [5.41, 5.74) is 0. The zero-order chi connectivity index (χ0) is 9.97. The molecule has 2 aliphatic carbocycles. The van der Waals surface area contributed by atoms with E-state index in [0.29, 0.717) is 5.92 Å². The van der Waals surface area contributed by atoms with Crippen molar-refractivity contribution in [1.82, 2.24) is 0 Å². The smallest absolute Gasteiger partial charge is 0.477 e. The number of hydrogen-bond acceptors (Lipinski definition) is 2. The van der Waals surface area contributed by atoms with Gasteiger partial charge >= 0.3 is 8.90 Å². The van der Waals surface area contributed by atoms with Gasteiger partial charge in [-0.3, -0.25) is 0 Å². The molecule has 2 nitrogen and oxygen atoms in total. The van der Waals surface area contributed by atoms with Crippen molar-refractivity contribution in [2.45, 2.75) is 32.1 Å². The molecule has 0 N–H and O–H groups in total. The van der Waals surface area contributed by atoms with Gasteiger partial charge in [-0.1, -0.05) is 13.0 Å². The van der Waals surface area contributed by atoms with Gasteiger partial charge in [0.15, 0.2) is 0 Å². The normalized spacial score (nSPS) is 21.1. The second-order valence-corrected chi connectivity index (χ2v) is 5.56. The lowest BCUT2D eigenvalue weighted by Gasteiger charge is -2.25. The Hall–Kier alpha value is -0.573. The lowest BCUT2D eigenvalue weighted by atomic mass is 9.86. The minimum absolute atomic E-state index is 0.601. The molecule has 14 heavy (non-hydrogen) atoms. The van der Waals surface area contributed by atoms with Crippen LogP contribution in [0.5, 0.6) is 0 Å². The van der Waals surface area contributed by atoms with Crippen LogP contribution in [0.4, 0.5) is 0 Å². The second-order valence-electron chi connectivity index (χ2n) is 4.32. The zero-order valence-corrected chi connectivity index (χ0v) is 9.63. The number of rotatable bonds is 6. The van der Waals surface area contributed by atoms with E-state index in [2.05, 4.69) is 12.8 Å². The van der Waals surface area contributed by atoms with E-state index in [1.165, 1.54) is 32.1 Å². The van der Waals surface area contributed by atoms with Crippen LogP contribution < -0.4 is 0 Å². The van der Waals surface area contributed by atoms with Crippen molar-refractivity contribution in [2.75, 3.05) is 6.61 Å². The van der Waals surface area contributed by atoms with Gasteiger partial charge < -0.3 is 8.85 Å². The highest BCUT2D eigenvalue weighted by Gasteiger charge is 2.27. The maximum Gasteiger partial charge on any atom is 0.477 e. The largest absolute Gasteiger partial charge is 0.523 e. The molecule has 0 bridgehead atoms. The zero-order valence-electron chi connectivity index (χ0n) is 8.63. The average Bonchev–Trinajstić information content (AvgIpc) is 2.82. The van der Waals surface area contributed by atoms with Crippen molar-refractivity contribution in [2.24, 2.45) is 11.8 Å². The predicted octanol–water partition coefficient (Wildman–Crippen LogP) is 2.25. The Morgan fingerprint density at radius 3 is 2.50 bits per heavy atom. The van der Waals surface area contributed by atoms with Crippen LogP contribution in [0.2, 0.25) is 0 Å². The van der Waals surface area contributed by atoms with Gasteiger partial charge in [-0.15, -0.1) is 0 Å². The average molecular weight is 210 g/mol. The van der Waals surface area contributed by atoms with Gasteiger partial charge in [-0.2, -0.15) is 0 Å². The van der Waals surface area contributed by atoms with E-state index in [-0.39, 0.29) is 0 Å². The van der Waals surface area contributed by atoms with Crippen molar-refractivity contribution in [1.29, 1.82) is 0 Å². The van der Waals surface area contributed by atoms with E-state index in [0.717, 1.165) is 18.3 Å². The summed E-state index contributed by atoms with van der Waals surface area (Å²) in [4.78, 5) is 0. The Bertz CT molecular complexity index is 242. The first kappa shape index (κ1) is 9.96. The fourth-order valence-corrected chi connectivity index (χ4v) is 2.47. The lowest BCUT2D eigenvalue weighted by Crippen LogP contribution is -2.22. The Balaban J connectivity index is 1.59. The molecule has 0 aliphatic heterocycles. The van der Waals surface area contributed by atoms with E-state index < -0.39 is 8.90 Å². The molecule has 0 atom stereocenters. The first-order chi connectivity index (χ1) is 6.75. The third-order valence-electron chi connectivity index (χ3n) is 2.98. The topological polar surface area (TPSA) is 18.5 Å². The Labute approximate surface area is 87.4 Å². The second kappa shape index (κ2) is 4.30. The molecule has 0 radical (unpaired) electrons. The minimum atomic E-state index is -1.31. The summed E-state index contributed by atoms with van der Waals surface area (Å²) in [5.74, 6) is 2.28. The molecule has 0 unspecified atom stereocenters. The summed E-state index contributed by atoms with van der Waals surface area (Å²) in [5, 5.41) is 0. The molecule has 0 spiro atoms. The van der Waals surface area contributed by atoms with Gasteiger partial charge in [0, 0.05) is 5.92 Å². The van der Waals surface area contributed by atoms with Crippen LogP contribution in [-0.4, -0.2) is 21.7 Å². The fourth-order valence-electron chi connectivity index (χ4n) is 1.53. The van der Waals surface area contributed by atoms with Crippen molar-refractivity contribution in [3.63, 3.8) is 0 Å². The molecule has 2 aliphatic rings. The standard InChI is InChI=1S/C11H18O2Si/c1-9(11-6-7-11)13-14(2)12-8-10-4-3-5-10/h10-11H,1-8H2. The summed E-state index contributed by atoms with van der Waals surface area (Å²) < 4.78 is 11.2. The van der Waals surface area contributed by atoms with E-state index in [9.17, 15) is 0 Å². The summed E-state index contributed by atoms with van der Waals surface area (Å²) in [6.07, 6.45) is 10.4. The molecule has 0 saturated heterocycles. The van der Waals surface area contributed by atoms with Crippen LogP contribution in [-0.2, 0) is 8.85 Å². The molecule has 2 rings (SSSR count). The van der Waals surface area contributed by atoms with Crippen LogP contribution in [0.1, 0.15) is 32.1 Å². The van der Waals surface area contributed by atoms with Crippen LogP contribution >= 0.6 is 0 Å². The fraction of sp³-hybridized carbons (Fsp3) is 0.727. The van der Waals surface area contributed by atoms with E-state index in [4.69, 9.17) is 8.85 Å². The predicted molar refractivity (Wildman–Crippen MR) is 59.1 cm³/mol. The van der Waals surface area contributed by atoms with E-state index >= 15 is 0 Å². The lowest BCUT2D eigenvalue weighted by molar-refractivity contribution is 0.158. The van der Waals surface area contributed by atoms with E-state index in [1.54, 1.807) is 0 Å². The Morgan fingerprint density at radius 2 is 2.00 bits per heavy atom. The molecule has 0 aromatic carbocycles. The SMILES string of the molecule is C=C(O[Si](=C)OCC1CCC1)C1CC1. The third-order valence-corrected chi connectivity index (χ3v) is 3.96. The minimum Gasteiger partial charge on any atom is -0.523 e. The highest BCUT2D eigenvalue weighted by Crippen LogP contribution is 2.35. The maximum absolute atomic E-state index is 5.60. The van der Waals surface area contributed by atoms with Crippen molar-refractivity contribution in [3.05, 3.63) is 12.3 Å². The molecule has 0 amide bonds. The van der Waals surface area contributed by atoms with Gasteiger partial charge in [0.05, 0.1) is 12.4 Å². The van der Waals surface area contributed by atoms with Crippen LogP contribution in [0.25, 0.3) is 0 Å². The van der Waals surface area contributed by atoms with Crippen LogP contribution in [0.3, 0.4) is 0 Å². The molecular formula is C11H18O2Si. The molecule has 2 fully saturated rings. The van der Waals surface area contributed by atoms with Gasteiger partial charge in [-0.05, 0) is 37.8 Å². The molecule has 3 heteroatoms. The molecule has 0 aromatic heterocycles. The summed E-state index contributed by atoms with van der Waals surface area (Å²) in [6, 6.07) is 0. The molecule has 2 saturated carbocycles. The van der Waals surface area contributed by atoms with Gasteiger partial charge in [0.1, 0.15) is 0 Å². The van der Waals surface area contributed by atoms with Crippen molar-refractivity contribution in [3.8, 4) is 0 Å². The first-order valence-corrected chi connectivity index (χ1v) is 6.96. The third kappa shape index (κ3) is 2.71. The quantitative estimate of drug-likeness (QED) is 0.494. The summed E-state index contributed by atoms with van der Waals surface area (Å²) in [6.45, 7) is 4.74. The van der Waals surface area contributed by atoms with Gasteiger partial charge in [0.2, 0.25) is 0 Å². The number of hydrogen-bond donors (Lipinski definition) is 0.